The van der Waals surface area contributed by atoms with E-state index < -0.39 is 0 Å². The molecule has 1 amide bonds. The van der Waals surface area contributed by atoms with Crippen molar-refractivity contribution in [2.24, 2.45) is 7.05 Å². The summed E-state index contributed by atoms with van der Waals surface area (Å²) in [7, 11) is 3.83. The van der Waals surface area contributed by atoms with E-state index in [2.05, 4.69) is 47.7 Å². The second-order valence-corrected chi connectivity index (χ2v) is 6.42. The molecule has 0 radical (unpaired) electrons. The summed E-state index contributed by atoms with van der Waals surface area (Å²) in [6.07, 6.45) is 1.48. The molecule has 0 atom stereocenters. The number of hydrogen-bond acceptors (Lipinski definition) is 9. The van der Waals surface area contributed by atoms with Crippen LogP contribution in [0.2, 0.25) is 0 Å². The molecule has 0 saturated carbocycles. The van der Waals surface area contributed by atoms with Gasteiger partial charge < -0.3 is 15.1 Å². The maximum atomic E-state index is 12.1. The van der Waals surface area contributed by atoms with E-state index in [-0.39, 0.29) is 11.7 Å². The van der Waals surface area contributed by atoms with Crippen molar-refractivity contribution in [1.82, 2.24) is 35.1 Å². The van der Waals surface area contributed by atoms with Gasteiger partial charge in [-0.15, -0.1) is 5.10 Å². The van der Waals surface area contributed by atoms with Crippen LogP contribution in [0, 0.1) is 0 Å². The van der Waals surface area contributed by atoms with Crippen LogP contribution in [-0.2, 0) is 11.8 Å². The van der Waals surface area contributed by atoms with Gasteiger partial charge in [0.25, 0.3) is 0 Å². The minimum atomic E-state index is -0.161. The average Bonchev–Trinajstić information content (AvgIpc) is 2.99. The SMILES string of the molecule is CN1CCN(c2cc(NC(=O)CSc3nnnn3C)ncn2)CC1. The lowest BCUT2D eigenvalue weighted by atomic mass is 10.3. The number of aromatic nitrogens is 6. The molecular formula is C13H19N9OS. The van der Waals surface area contributed by atoms with Gasteiger partial charge >= 0.3 is 0 Å². The number of amides is 1. The quantitative estimate of drug-likeness (QED) is 0.714. The molecule has 24 heavy (non-hydrogen) atoms. The van der Waals surface area contributed by atoms with Crippen molar-refractivity contribution in [3.63, 3.8) is 0 Å². The fourth-order valence-corrected chi connectivity index (χ4v) is 2.93. The molecule has 2 aromatic rings. The number of carbonyl (C=O) groups is 1. The van der Waals surface area contributed by atoms with E-state index >= 15 is 0 Å². The van der Waals surface area contributed by atoms with E-state index in [1.54, 1.807) is 13.1 Å². The Kier molecular flexibility index (Phi) is 5.20. The molecule has 0 unspecified atom stereocenters. The number of tetrazole rings is 1. The van der Waals surface area contributed by atoms with Crippen LogP contribution in [0.3, 0.4) is 0 Å². The zero-order valence-electron chi connectivity index (χ0n) is 13.6. The third-order valence-electron chi connectivity index (χ3n) is 3.66. The Hall–Kier alpha value is -2.27. The first-order valence-electron chi connectivity index (χ1n) is 7.52. The molecule has 2 aromatic heterocycles. The van der Waals surface area contributed by atoms with Crippen LogP contribution in [0.4, 0.5) is 11.6 Å². The highest BCUT2D eigenvalue weighted by molar-refractivity contribution is 7.99. The van der Waals surface area contributed by atoms with Gasteiger partial charge in [0, 0.05) is 39.3 Å². The summed E-state index contributed by atoms with van der Waals surface area (Å²) in [5.41, 5.74) is 0. The molecule has 1 saturated heterocycles. The summed E-state index contributed by atoms with van der Waals surface area (Å²) in [6, 6.07) is 1.80. The summed E-state index contributed by atoms with van der Waals surface area (Å²) in [4.78, 5) is 24.9. The standard InChI is InChI=1S/C13H19N9OS/c1-20-3-5-22(6-4-20)11-7-10(14-9-15-11)16-12(23)8-24-13-17-18-19-21(13)2/h7,9H,3-6,8H2,1-2H3,(H,14,15,16,23). The van der Waals surface area contributed by atoms with Gasteiger partial charge in [-0.2, -0.15) is 0 Å². The molecule has 1 aliphatic rings. The van der Waals surface area contributed by atoms with Crippen molar-refractivity contribution in [2.45, 2.75) is 5.16 Å². The van der Waals surface area contributed by atoms with Gasteiger partial charge in [0.15, 0.2) is 0 Å². The Labute approximate surface area is 143 Å². The number of aryl methyl sites for hydroxylation is 1. The maximum Gasteiger partial charge on any atom is 0.236 e. The van der Waals surface area contributed by atoms with Gasteiger partial charge in [0.2, 0.25) is 11.1 Å². The average molecular weight is 349 g/mol. The lowest BCUT2D eigenvalue weighted by Crippen LogP contribution is -2.44. The predicted molar refractivity (Wildman–Crippen MR) is 89.9 cm³/mol. The molecule has 0 spiro atoms. The number of rotatable bonds is 5. The number of piperazine rings is 1. The number of carbonyl (C=O) groups excluding carboxylic acids is 1. The summed E-state index contributed by atoms with van der Waals surface area (Å²) in [5, 5.41) is 14.5. The highest BCUT2D eigenvalue weighted by Crippen LogP contribution is 2.17. The molecule has 1 N–H and O–H groups in total. The first-order valence-corrected chi connectivity index (χ1v) is 8.51. The molecule has 1 fully saturated rings. The Morgan fingerprint density at radius 1 is 1.25 bits per heavy atom. The third kappa shape index (κ3) is 4.17. The van der Waals surface area contributed by atoms with Crippen molar-refractivity contribution >= 4 is 29.3 Å². The Bertz CT molecular complexity index is 698. The topological polar surface area (TPSA) is 105 Å². The molecule has 128 valence electrons. The molecule has 0 aromatic carbocycles. The lowest BCUT2D eigenvalue weighted by Gasteiger charge is -2.33. The normalized spacial score (nSPS) is 15.5. The summed E-state index contributed by atoms with van der Waals surface area (Å²) >= 11 is 1.27. The van der Waals surface area contributed by atoms with Crippen molar-refractivity contribution in [3.8, 4) is 0 Å². The molecule has 10 nitrogen and oxygen atoms in total. The number of nitrogens with one attached hydrogen (secondary N) is 1. The van der Waals surface area contributed by atoms with Gasteiger partial charge in [-0.1, -0.05) is 11.8 Å². The molecule has 1 aliphatic heterocycles. The van der Waals surface area contributed by atoms with E-state index in [0.717, 1.165) is 32.0 Å². The molecule has 0 aliphatic carbocycles. The van der Waals surface area contributed by atoms with Crippen molar-refractivity contribution in [3.05, 3.63) is 12.4 Å². The maximum absolute atomic E-state index is 12.1. The van der Waals surface area contributed by atoms with Crippen molar-refractivity contribution in [1.29, 1.82) is 0 Å². The molecule has 11 heteroatoms. The van der Waals surface area contributed by atoms with Gasteiger partial charge in [0.05, 0.1) is 5.75 Å². The Morgan fingerprint density at radius 2 is 2.04 bits per heavy atom. The van der Waals surface area contributed by atoms with E-state index in [1.165, 1.54) is 22.8 Å². The van der Waals surface area contributed by atoms with Crippen LogP contribution in [0.5, 0.6) is 0 Å². The third-order valence-corrected chi connectivity index (χ3v) is 4.67. The summed E-state index contributed by atoms with van der Waals surface area (Å²) < 4.78 is 1.52. The number of thioether (sulfide) groups is 1. The van der Waals surface area contributed by atoms with E-state index in [0.29, 0.717) is 11.0 Å². The van der Waals surface area contributed by atoms with Crippen molar-refractivity contribution < 1.29 is 4.79 Å². The summed E-state index contributed by atoms with van der Waals surface area (Å²) in [5.74, 6) is 1.38. The molecule has 3 heterocycles. The van der Waals surface area contributed by atoms with Gasteiger partial charge in [-0.25, -0.2) is 14.6 Å². The lowest BCUT2D eigenvalue weighted by molar-refractivity contribution is -0.113. The van der Waals surface area contributed by atoms with Crippen LogP contribution >= 0.6 is 11.8 Å². The highest BCUT2D eigenvalue weighted by atomic mass is 32.2. The number of likely N-dealkylation sites (N-methyl/N-ethyl adjacent to an activating group) is 1. The van der Waals surface area contributed by atoms with E-state index in [9.17, 15) is 4.79 Å². The Balaban J connectivity index is 1.56. The monoisotopic (exact) mass is 349 g/mol. The number of anilines is 2. The van der Waals surface area contributed by atoms with Crippen molar-refractivity contribution in [2.75, 3.05) is 49.2 Å². The zero-order chi connectivity index (χ0) is 16.9. The number of hydrogen-bond donors (Lipinski definition) is 1. The van der Waals surface area contributed by atoms with Gasteiger partial charge in [-0.3, -0.25) is 4.79 Å². The molecular weight excluding hydrogens is 330 g/mol. The fraction of sp³-hybridized carbons (Fsp3) is 0.538. The highest BCUT2D eigenvalue weighted by Gasteiger charge is 2.16. The smallest absolute Gasteiger partial charge is 0.236 e. The molecule has 0 bridgehead atoms. The summed E-state index contributed by atoms with van der Waals surface area (Å²) in [6.45, 7) is 3.81. The first kappa shape index (κ1) is 16.6. The minimum Gasteiger partial charge on any atom is -0.354 e. The van der Waals surface area contributed by atoms with Crippen LogP contribution in [0.1, 0.15) is 0 Å². The van der Waals surface area contributed by atoms with Crippen LogP contribution in [0.25, 0.3) is 0 Å². The first-order chi connectivity index (χ1) is 11.6. The second kappa shape index (κ2) is 7.53. The number of nitrogens with zero attached hydrogens (tertiary/aromatic N) is 8. The minimum absolute atomic E-state index is 0.161. The van der Waals surface area contributed by atoms with Gasteiger partial charge in [-0.05, 0) is 17.5 Å². The van der Waals surface area contributed by atoms with E-state index in [1.807, 2.05) is 0 Å². The zero-order valence-corrected chi connectivity index (χ0v) is 14.4. The van der Waals surface area contributed by atoms with Gasteiger partial charge in [0.1, 0.15) is 18.0 Å². The van der Waals surface area contributed by atoms with Crippen LogP contribution in [0.15, 0.2) is 17.6 Å². The fourth-order valence-electron chi connectivity index (χ4n) is 2.28. The second-order valence-electron chi connectivity index (χ2n) is 5.47. The largest absolute Gasteiger partial charge is 0.354 e. The van der Waals surface area contributed by atoms with E-state index in [4.69, 9.17) is 0 Å². The predicted octanol–water partition coefficient (Wildman–Crippen LogP) is -0.517. The Morgan fingerprint density at radius 3 is 2.75 bits per heavy atom. The van der Waals surface area contributed by atoms with Crippen LogP contribution < -0.4 is 10.2 Å². The molecule has 3 rings (SSSR count). The van der Waals surface area contributed by atoms with Crippen LogP contribution in [-0.4, -0.2) is 80.0 Å².